The molecule has 0 aromatic carbocycles. The Morgan fingerprint density at radius 3 is 3.00 bits per heavy atom. The highest BCUT2D eigenvalue weighted by atomic mass is 32.1. The van der Waals surface area contributed by atoms with Crippen molar-refractivity contribution < 1.29 is 9.53 Å². The molecular formula is C13H20N4O2S. The van der Waals surface area contributed by atoms with Gasteiger partial charge in [0.05, 0.1) is 6.10 Å². The average Bonchev–Trinajstić information content (AvgIpc) is 3.09. The van der Waals surface area contributed by atoms with E-state index in [2.05, 4.69) is 20.8 Å². The van der Waals surface area contributed by atoms with E-state index in [9.17, 15) is 4.79 Å². The number of rotatable bonds is 4. The van der Waals surface area contributed by atoms with Gasteiger partial charge in [-0.1, -0.05) is 24.2 Å². The van der Waals surface area contributed by atoms with Crippen LogP contribution >= 0.6 is 11.3 Å². The van der Waals surface area contributed by atoms with Crippen molar-refractivity contribution in [3.63, 3.8) is 0 Å². The number of ether oxygens (including phenoxy) is 1. The van der Waals surface area contributed by atoms with Gasteiger partial charge < -0.3 is 10.1 Å². The molecule has 2 atom stereocenters. The van der Waals surface area contributed by atoms with Crippen LogP contribution in [0, 0.1) is 5.41 Å². The van der Waals surface area contributed by atoms with Gasteiger partial charge in [0.2, 0.25) is 5.13 Å². The van der Waals surface area contributed by atoms with E-state index in [1.54, 1.807) is 5.51 Å². The van der Waals surface area contributed by atoms with Gasteiger partial charge in [-0.3, -0.25) is 5.32 Å². The number of hydrogen-bond acceptors (Lipinski definition) is 5. The second-order valence-corrected chi connectivity index (χ2v) is 6.35. The fourth-order valence-electron chi connectivity index (χ4n) is 3.61. The summed E-state index contributed by atoms with van der Waals surface area (Å²) in [7, 11) is 0. The Balaban J connectivity index is 1.59. The average molecular weight is 296 g/mol. The van der Waals surface area contributed by atoms with Crippen molar-refractivity contribution in [3.8, 4) is 0 Å². The molecule has 2 amide bonds. The fourth-order valence-corrected chi connectivity index (χ4v) is 4.05. The molecule has 110 valence electrons. The normalized spacial score (nSPS) is 27.2. The SMILES string of the molecule is CCOC1CC(NC(=O)Nc2nncs2)C12CCCC2. The molecule has 3 rings (SSSR count). The number of nitrogens with one attached hydrogen (secondary N) is 2. The monoisotopic (exact) mass is 296 g/mol. The second kappa shape index (κ2) is 5.65. The molecule has 20 heavy (non-hydrogen) atoms. The van der Waals surface area contributed by atoms with Gasteiger partial charge in [0.25, 0.3) is 0 Å². The largest absolute Gasteiger partial charge is 0.378 e. The minimum Gasteiger partial charge on any atom is -0.378 e. The van der Waals surface area contributed by atoms with Gasteiger partial charge >= 0.3 is 6.03 Å². The van der Waals surface area contributed by atoms with Gasteiger partial charge in [-0.2, -0.15) is 0 Å². The van der Waals surface area contributed by atoms with E-state index in [0.717, 1.165) is 25.9 Å². The summed E-state index contributed by atoms with van der Waals surface area (Å²) in [4.78, 5) is 12.0. The number of amides is 2. The zero-order chi connectivity index (χ0) is 14.0. The molecule has 6 nitrogen and oxygen atoms in total. The second-order valence-electron chi connectivity index (χ2n) is 5.51. The van der Waals surface area contributed by atoms with Crippen molar-refractivity contribution in [2.45, 2.75) is 51.2 Å². The van der Waals surface area contributed by atoms with Gasteiger partial charge in [0.1, 0.15) is 5.51 Å². The fraction of sp³-hybridized carbons (Fsp3) is 0.769. The first-order valence-electron chi connectivity index (χ1n) is 7.20. The molecule has 2 N–H and O–H groups in total. The number of hydrogen-bond donors (Lipinski definition) is 2. The van der Waals surface area contributed by atoms with E-state index in [0.29, 0.717) is 11.2 Å². The topological polar surface area (TPSA) is 76.1 Å². The van der Waals surface area contributed by atoms with E-state index >= 15 is 0 Å². The Labute approximate surface area is 122 Å². The molecule has 1 aromatic rings. The molecule has 1 heterocycles. The first kappa shape index (κ1) is 13.8. The van der Waals surface area contributed by atoms with E-state index in [-0.39, 0.29) is 17.5 Å². The third-order valence-corrected chi connectivity index (χ3v) is 5.18. The molecule has 1 spiro atoms. The summed E-state index contributed by atoms with van der Waals surface area (Å²) in [5.41, 5.74) is 1.76. The van der Waals surface area contributed by atoms with Crippen LogP contribution in [-0.4, -0.2) is 35.0 Å². The summed E-state index contributed by atoms with van der Waals surface area (Å²) in [6.07, 6.45) is 6.00. The van der Waals surface area contributed by atoms with Gasteiger partial charge in [-0.25, -0.2) is 4.79 Å². The lowest BCUT2D eigenvalue weighted by atomic mass is 9.60. The molecular weight excluding hydrogens is 276 g/mol. The van der Waals surface area contributed by atoms with Crippen molar-refractivity contribution in [2.75, 3.05) is 11.9 Å². The maximum absolute atomic E-state index is 12.0. The lowest BCUT2D eigenvalue weighted by Gasteiger charge is -2.53. The van der Waals surface area contributed by atoms with Crippen LogP contribution in [0.25, 0.3) is 0 Å². The summed E-state index contributed by atoms with van der Waals surface area (Å²) >= 11 is 1.32. The Kier molecular flexibility index (Phi) is 3.89. The molecule has 0 saturated heterocycles. The van der Waals surface area contributed by atoms with Gasteiger partial charge in [0, 0.05) is 18.1 Å². The predicted octanol–water partition coefficient (Wildman–Crippen LogP) is 2.40. The van der Waals surface area contributed by atoms with Crippen molar-refractivity contribution in [2.24, 2.45) is 5.41 Å². The lowest BCUT2D eigenvalue weighted by molar-refractivity contribution is -0.126. The molecule has 7 heteroatoms. The Hall–Kier alpha value is -1.21. The smallest absolute Gasteiger partial charge is 0.321 e. The van der Waals surface area contributed by atoms with E-state index < -0.39 is 0 Å². The first-order chi connectivity index (χ1) is 9.74. The van der Waals surface area contributed by atoms with E-state index in [1.165, 1.54) is 24.2 Å². The summed E-state index contributed by atoms with van der Waals surface area (Å²) < 4.78 is 5.84. The number of carbonyl (C=O) groups is 1. The van der Waals surface area contributed by atoms with Crippen LogP contribution in [0.2, 0.25) is 0 Å². The Morgan fingerprint density at radius 1 is 1.55 bits per heavy atom. The van der Waals surface area contributed by atoms with Crippen molar-refractivity contribution >= 4 is 22.5 Å². The zero-order valence-electron chi connectivity index (χ0n) is 11.6. The van der Waals surface area contributed by atoms with Crippen molar-refractivity contribution in [1.29, 1.82) is 0 Å². The quantitative estimate of drug-likeness (QED) is 0.894. The molecule has 2 aliphatic carbocycles. The van der Waals surface area contributed by atoms with Crippen LogP contribution in [0.15, 0.2) is 5.51 Å². The molecule has 0 aliphatic heterocycles. The molecule has 2 unspecified atom stereocenters. The van der Waals surface area contributed by atoms with Gasteiger partial charge in [0.15, 0.2) is 0 Å². The van der Waals surface area contributed by atoms with Crippen LogP contribution in [0.1, 0.15) is 39.0 Å². The van der Waals surface area contributed by atoms with Crippen LogP contribution in [0.5, 0.6) is 0 Å². The lowest BCUT2D eigenvalue weighted by Crippen LogP contribution is -2.64. The van der Waals surface area contributed by atoms with Crippen LogP contribution in [0.4, 0.5) is 9.93 Å². The molecule has 0 bridgehead atoms. The maximum Gasteiger partial charge on any atom is 0.321 e. The zero-order valence-corrected chi connectivity index (χ0v) is 12.4. The van der Waals surface area contributed by atoms with Crippen LogP contribution in [0.3, 0.4) is 0 Å². The highest BCUT2D eigenvalue weighted by Gasteiger charge is 2.57. The van der Waals surface area contributed by atoms with Crippen LogP contribution in [-0.2, 0) is 4.74 Å². The maximum atomic E-state index is 12.0. The van der Waals surface area contributed by atoms with E-state index in [1.807, 2.05) is 6.92 Å². The molecule has 0 radical (unpaired) electrons. The standard InChI is InChI=1S/C13H20N4O2S/c1-2-19-10-7-9(13(10)5-3-4-6-13)15-11(18)16-12-17-14-8-20-12/h8-10H,2-7H2,1H3,(H2,15,16,17,18). The highest BCUT2D eigenvalue weighted by Crippen LogP contribution is 2.54. The summed E-state index contributed by atoms with van der Waals surface area (Å²) in [5, 5.41) is 13.9. The summed E-state index contributed by atoms with van der Waals surface area (Å²) in [5.74, 6) is 0. The van der Waals surface area contributed by atoms with Crippen LogP contribution < -0.4 is 10.6 Å². The van der Waals surface area contributed by atoms with Crippen molar-refractivity contribution in [3.05, 3.63) is 5.51 Å². The molecule has 2 fully saturated rings. The third kappa shape index (κ3) is 2.40. The number of urea groups is 1. The molecule has 2 aliphatic rings. The minimum absolute atomic E-state index is 0.161. The predicted molar refractivity (Wildman–Crippen MR) is 76.8 cm³/mol. The van der Waals surface area contributed by atoms with Gasteiger partial charge in [-0.05, 0) is 26.2 Å². The highest BCUT2D eigenvalue weighted by molar-refractivity contribution is 7.13. The number of anilines is 1. The third-order valence-electron chi connectivity index (χ3n) is 4.57. The molecule has 2 saturated carbocycles. The van der Waals surface area contributed by atoms with Gasteiger partial charge in [-0.15, -0.1) is 10.2 Å². The minimum atomic E-state index is -0.187. The number of aromatic nitrogens is 2. The first-order valence-corrected chi connectivity index (χ1v) is 8.08. The number of carbonyl (C=O) groups excluding carboxylic acids is 1. The number of nitrogens with zero attached hydrogens (tertiary/aromatic N) is 2. The summed E-state index contributed by atoms with van der Waals surface area (Å²) in [6, 6.07) is 0.0300. The van der Waals surface area contributed by atoms with Crippen molar-refractivity contribution in [1.82, 2.24) is 15.5 Å². The Morgan fingerprint density at radius 2 is 2.35 bits per heavy atom. The van der Waals surface area contributed by atoms with E-state index in [4.69, 9.17) is 4.74 Å². The Bertz CT molecular complexity index is 459. The summed E-state index contributed by atoms with van der Waals surface area (Å²) in [6.45, 7) is 2.78. The molecule has 1 aromatic heterocycles.